The molecule has 2 amide bonds. The number of amides is 2. The van der Waals surface area contributed by atoms with Crippen LogP contribution in [-0.2, 0) is 11.2 Å². The second-order valence-corrected chi connectivity index (χ2v) is 6.21. The number of ether oxygens (including phenoxy) is 2. The number of nitrogens with zero attached hydrogens (tertiary/aromatic N) is 1. The molecule has 0 fully saturated rings. The van der Waals surface area contributed by atoms with E-state index in [0.717, 1.165) is 5.56 Å². The van der Waals surface area contributed by atoms with E-state index >= 15 is 0 Å². The van der Waals surface area contributed by atoms with Crippen LogP contribution in [0.3, 0.4) is 0 Å². The molecule has 0 aromatic heterocycles. The Morgan fingerprint density at radius 2 is 1.68 bits per heavy atom. The van der Waals surface area contributed by atoms with Crippen LogP contribution >= 0.6 is 0 Å². The summed E-state index contributed by atoms with van der Waals surface area (Å²) in [6.45, 7) is 2.68. The summed E-state index contributed by atoms with van der Waals surface area (Å²) in [5.74, 6) is 0.387. The van der Waals surface area contributed by atoms with Crippen LogP contribution < -0.4 is 14.8 Å². The Morgan fingerprint density at radius 1 is 1.00 bits per heavy atom. The van der Waals surface area contributed by atoms with Crippen LogP contribution in [0.4, 0.5) is 4.39 Å². The van der Waals surface area contributed by atoms with Crippen molar-refractivity contribution < 1.29 is 23.5 Å². The maximum absolute atomic E-state index is 13.0. The second-order valence-electron chi connectivity index (χ2n) is 6.21. The Hall–Kier alpha value is -3.09. The number of hydrogen-bond acceptors (Lipinski definition) is 4. The van der Waals surface area contributed by atoms with Gasteiger partial charge in [0.15, 0.2) is 11.5 Å². The van der Waals surface area contributed by atoms with Crippen LogP contribution in [0, 0.1) is 5.82 Å². The average molecular weight is 388 g/mol. The van der Waals surface area contributed by atoms with Gasteiger partial charge in [-0.2, -0.15) is 0 Å². The second kappa shape index (κ2) is 10.3. The van der Waals surface area contributed by atoms with E-state index in [-0.39, 0.29) is 17.6 Å². The minimum absolute atomic E-state index is 0.0810. The fourth-order valence-electron chi connectivity index (χ4n) is 2.73. The average Bonchev–Trinajstić information content (AvgIpc) is 2.70. The first-order valence-electron chi connectivity index (χ1n) is 8.94. The molecule has 0 aliphatic rings. The third-order valence-electron chi connectivity index (χ3n) is 4.34. The number of carbonyl (C=O) groups excluding carboxylic acids is 2. The molecule has 0 aliphatic heterocycles. The molecular weight excluding hydrogens is 363 g/mol. The number of nitrogens with one attached hydrogen (secondary N) is 1. The van der Waals surface area contributed by atoms with Gasteiger partial charge in [0.05, 0.1) is 14.2 Å². The molecule has 0 unspecified atom stereocenters. The summed E-state index contributed by atoms with van der Waals surface area (Å²) in [5, 5.41) is 2.80. The van der Waals surface area contributed by atoms with Crippen LogP contribution in [0.1, 0.15) is 22.8 Å². The lowest BCUT2D eigenvalue weighted by Crippen LogP contribution is -2.38. The Bertz CT molecular complexity index is 809. The van der Waals surface area contributed by atoms with Gasteiger partial charge in [-0.05, 0) is 42.3 Å². The molecule has 0 saturated carbocycles. The van der Waals surface area contributed by atoms with Gasteiger partial charge in [-0.15, -0.1) is 0 Å². The van der Waals surface area contributed by atoms with Crippen molar-refractivity contribution in [2.24, 2.45) is 0 Å². The first-order chi connectivity index (χ1) is 13.4. The Labute approximate surface area is 164 Å². The number of carbonyl (C=O) groups is 2. The number of benzene rings is 2. The van der Waals surface area contributed by atoms with Gasteiger partial charge in [0.2, 0.25) is 5.91 Å². The number of rotatable bonds is 9. The minimum atomic E-state index is -0.287. The van der Waals surface area contributed by atoms with Gasteiger partial charge in [-0.1, -0.05) is 12.1 Å². The van der Waals surface area contributed by atoms with Crippen LogP contribution in [0.5, 0.6) is 11.5 Å². The summed E-state index contributed by atoms with van der Waals surface area (Å²) in [4.78, 5) is 25.8. The Balaban J connectivity index is 1.87. The van der Waals surface area contributed by atoms with Gasteiger partial charge in [-0.25, -0.2) is 4.39 Å². The topological polar surface area (TPSA) is 67.9 Å². The fraction of sp³-hybridized carbons (Fsp3) is 0.333. The van der Waals surface area contributed by atoms with Gasteiger partial charge in [0.25, 0.3) is 5.91 Å². The van der Waals surface area contributed by atoms with Crippen molar-refractivity contribution in [3.63, 3.8) is 0 Å². The normalized spacial score (nSPS) is 10.3. The summed E-state index contributed by atoms with van der Waals surface area (Å²) in [6, 6.07) is 11.1. The highest BCUT2D eigenvalue weighted by Gasteiger charge is 2.12. The predicted molar refractivity (Wildman–Crippen MR) is 104 cm³/mol. The van der Waals surface area contributed by atoms with Crippen molar-refractivity contribution in [3.05, 3.63) is 59.4 Å². The summed E-state index contributed by atoms with van der Waals surface area (Å²) in [7, 11) is 3.03. The monoisotopic (exact) mass is 388 g/mol. The first kappa shape index (κ1) is 21.2. The lowest BCUT2D eigenvalue weighted by atomic mass is 10.1. The lowest BCUT2D eigenvalue weighted by Gasteiger charge is -2.21. The highest BCUT2D eigenvalue weighted by molar-refractivity contribution is 5.94. The highest BCUT2D eigenvalue weighted by Crippen LogP contribution is 2.27. The number of hydrogen-bond donors (Lipinski definition) is 1. The smallest absolute Gasteiger partial charge is 0.251 e. The standard InChI is InChI=1S/C21H25FN2O4/c1-15(25)24(12-10-16-4-7-18(22)8-5-16)13-11-23-21(26)17-6-9-19(27-2)20(14-17)28-3/h4-9,14H,10-13H2,1-3H3,(H,23,26). The summed E-state index contributed by atoms with van der Waals surface area (Å²) in [5.41, 5.74) is 1.39. The van der Waals surface area contributed by atoms with Crippen LogP contribution in [0.25, 0.3) is 0 Å². The third kappa shape index (κ3) is 5.97. The SMILES string of the molecule is COc1ccc(C(=O)NCCN(CCc2ccc(F)cc2)C(C)=O)cc1OC. The molecule has 6 nitrogen and oxygen atoms in total. The maximum Gasteiger partial charge on any atom is 0.251 e. The van der Waals surface area contributed by atoms with E-state index < -0.39 is 0 Å². The van der Waals surface area contributed by atoms with Crippen molar-refractivity contribution in [2.45, 2.75) is 13.3 Å². The predicted octanol–water partition coefficient (Wildman–Crippen LogP) is 2.66. The highest BCUT2D eigenvalue weighted by atomic mass is 19.1. The molecule has 1 N–H and O–H groups in total. The fourth-order valence-corrected chi connectivity index (χ4v) is 2.73. The molecule has 150 valence electrons. The molecule has 7 heteroatoms. The molecule has 28 heavy (non-hydrogen) atoms. The van der Waals surface area contributed by atoms with Gasteiger partial charge in [0, 0.05) is 32.1 Å². The van der Waals surface area contributed by atoms with Gasteiger partial charge in [-0.3, -0.25) is 9.59 Å². The van der Waals surface area contributed by atoms with Crippen molar-refractivity contribution in [1.82, 2.24) is 10.2 Å². The van der Waals surface area contributed by atoms with Gasteiger partial charge < -0.3 is 19.7 Å². The molecule has 0 radical (unpaired) electrons. The van der Waals surface area contributed by atoms with E-state index in [1.807, 2.05) is 0 Å². The zero-order chi connectivity index (χ0) is 20.5. The molecule has 0 heterocycles. The molecule has 0 aliphatic carbocycles. The summed E-state index contributed by atoms with van der Waals surface area (Å²) >= 11 is 0. The van der Waals surface area contributed by atoms with Crippen molar-refractivity contribution in [2.75, 3.05) is 33.9 Å². The van der Waals surface area contributed by atoms with Gasteiger partial charge in [0.1, 0.15) is 5.82 Å². The van der Waals surface area contributed by atoms with E-state index in [9.17, 15) is 14.0 Å². The molecule has 0 saturated heterocycles. The van der Waals surface area contributed by atoms with E-state index in [4.69, 9.17) is 9.47 Å². The molecule has 0 atom stereocenters. The van der Waals surface area contributed by atoms with Gasteiger partial charge >= 0.3 is 0 Å². The zero-order valence-corrected chi connectivity index (χ0v) is 16.3. The molecule has 2 aromatic rings. The molecule has 0 spiro atoms. The van der Waals surface area contributed by atoms with Crippen molar-refractivity contribution >= 4 is 11.8 Å². The van der Waals surface area contributed by atoms with E-state index in [2.05, 4.69) is 5.32 Å². The molecule has 2 aromatic carbocycles. The minimum Gasteiger partial charge on any atom is -0.493 e. The summed E-state index contributed by atoms with van der Waals surface area (Å²) < 4.78 is 23.3. The maximum atomic E-state index is 13.0. The quantitative estimate of drug-likeness (QED) is 0.717. The Kier molecular flexibility index (Phi) is 7.80. The van der Waals surface area contributed by atoms with Crippen LogP contribution in [0.15, 0.2) is 42.5 Å². The van der Waals surface area contributed by atoms with E-state index in [0.29, 0.717) is 43.1 Å². The Morgan fingerprint density at radius 3 is 2.29 bits per heavy atom. The third-order valence-corrected chi connectivity index (χ3v) is 4.34. The first-order valence-corrected chi connectivity index (χ1v) is 8.94. The number of halogens is 1. The van der Waals surface area contributed by atoms with Crippen molar-refractivity contribution in [1.29, 1.82) is 0 Å². The van der Waals surface area contributed by atoms with Crippen LogP contribution in [0.2, 0.25) is 0 Å². The zero-order valence-electron chi connectivity index (χ0n) is 16.3. The largest absolute Gasteiger partial charge is 0.493 e. The van der Waals surface area contributed by atoms with Crippen molar-refractivity contribution in [3.8, 4) is 11.5 Å². The van der Waals surface area contributed by atoms with E-state index in [1.165, 1.54) is 33.3 Å². The molecular formula is C21H25FN2O4. The number of methoxy groups -OCH3 is 2. The molecule has 2 rings (SSSR count). The van der Waals surface area contributed by atoms with Crippen LogP contribution in [-0.4, -0.2) is 50.6 Å². The molecule has 0 bridgehead atoms. The lowest BCUT2D eigenvalue weighted by molar-refractivity contribution is -0.128. The van der Waals surface area contributed by atoms with E-state index in [1.54, 1.807) is 35.2 Å². The summed E-state index contributed by atoms with van der Waals surface area (Å²) in [6.07, 6.45) is 0.615.